The van der Waals surface area contributed by atoms with E-state index < -0.39 is 0 Å². The maximum atomic E-state index is 4.86. The van der Waals surface area contributed by atoms with E-state index in [1.54, 1.807) is 12.4 Å². The van der Waals surface area contributed by atoms with Gasteiger partial charge in [-0.15, -0.1) is 0 Å². The van der Waals surface area contributed by atoms with Gasteiger partial charge in [0.2, 0.25) is 0 Å². The molecule has 144 valence electrons. The molecular formula is C24H23N5. The van der Waals surface area contributed by atoms with Crippen molar-refractivity contribution >= 4 is 5.82 Å². The Morgan fingerprint density at radius 3 is 2.45 bits per heavy atom. The third-order valence-electron chi connectivity index (χ3n) is 4.78. The van der Waals surface area contributed by atoms with Gasteiger partial charge < -0.3 is 4.90 Å². The number of hydrogen-bond donors (Lipinski definition) is 0. The molecule has 0 unspecified atom stereocenters. The first-order valence-electron chi connectivity index (χ1n) is 9.64. The van der Waals surface area contributed by atoms with Crippen molar-refractivity contribution in [1.29, 1.82) is 0 Å². The molecule has 0 radical (unpaired) electrons. The van der Waals surface area contributed by atoms with Crippen molar-refractivity contribution in [2.75, 3.05) is 4.90 Å². The summed E-state index contributed by atoms with van der Waals surface area (Å²) < 4.78 is 0. The fourth-order valence-corrected chi connectivity index (χ4v) is 3.25. The predicted molar refractivity (Wildman–Crippen MR) is 115 cm³/mol. The van der Waals surface area contributed by atoms with Crippen LogP contribution in [0, 0.1) is 13.8 Å². The molecule has 29 heavy (non-hydrogen) atoms. The zero-order valence-corrected chi connectivity index (χ0v) is 16.7. The monoisotopic (exact) mass is 381 g/mol. The highest BCUT2D eigenvalue weighted by Gasteiger charge is 2.15. The molecule has 1 aromatic carbocycles. The summed E-state index contributed by atoms with van der Waals surface area (Å²) >= 11 is 0. The number of nitrogens with zero attached hydrogens (tertiary/aromatic N) is 5. The van der Waals surface area contributed by atoms with Crippen molar-refractivity contribution in [1.82, 2.24) is 19.9 Å². The number of anilines is 1. The molecule has 0 N–H and O–H groups in total. The second kappa shape index (κ2) is 8.61. The topological polar surface area (TPSA) is 54.8 Å². The smallest absolute Gasteiger partial charge is 0.180 e. The highest BCUT2D eigenvalue weighted by atomic mass is 15.2. The van der Waals surface area contributed by atoms with Gasteiger partial charge >= 0.3 is 0 Å². The molecule has 0 spiro atoms. The van der Waals surface area contributed by atoms with Crippen LogP contribution in [0.25, 0.3) is 11.5 Å². The Kier molecular flexibility index (Phi) is 5.56. The number of hydrogen-bond acceptors (Lipinski definition) is 5. The van der Waals surface area contributed by atoms with Crippen LogP contribution in [0.15, 0.2) is 79.3 Å². The zero-order chi connectivity index (χ0) is 20.1. The van der Waals surface area contributed by atoms with Crippen LogP contribution in [0.5, 0.6) is 0 Å². The number of benzene rings is 1. The van der Waals surface area contributed by atoms with E-state index in [2.05, 4.69) is 57.1 Å². The number of aryl methyl sites for hydroxylation is 2. The van der Waals surface area contributed by atoms with Crippen LogP contribution in [0.4, 0.5) is 5.82 Å². The van der Waals surface area contributed by atoms with Gasteiger partial charge in [-0.05, 0) is 48.7 Å². The van der Waals surface area contributed by atoms with E-state index in [0.717, 1.165) is 29.3 Å². The first-order valence-corrected chi connectivity index (χ1v) is 9.64. The Bertz CT molecular complexity index is 1080. The lowest BCUT2D eigenvalue weighted by Gasteiger charge is -2.25. The summed E-state index contributed by atoms with van der Waals surface area (Å²) in [5.74, 6) is 1.52. The van der Waals surface area contributed by atoms with Gasteiger partial charge in [-0.2, -0.15) is 0 Å². The number of aromatic nitrogens is 4. The first kappa shape index (κ1) is 18.7. The maximum Gasteiger partial charge on any atom is 0.180 e. The van der Waals surface area contributed by atoms with Gasteiger partial charge in [0.1, 0.15) is 11.5 Å². The molecule has 0 saturated carbocycles. The molecule has 0 atom stereocenters. The molecule has 4 rings (SSSR count). The molecule has 0 aliphatic heterocycles. The van der Waals surface area contributed by atoms with Crippen molar-refractivity contribution < 1.29 is 0 Å². The van der Waals surface area contributed by atoms with Crippen LogP contribution in [0.1, 0.15) is 22.4 Å². The van der Waals surface area contributed by atoms with Crippen molar-refractivity contribution in [3.05, 3.63) is 102 Å². The lowest BCUT2D eigenvalue weighted by atomic mass is 10.1. The zero-order valence-electron chi connectivity index (χ0n) is 16.7. The van der Waals surface area contributed by atoms with Crippen LogP contribution in [-0.4, -0.2) is 19.9 Å². The first-order chi connectivity index (χ1) is 14.2. The third kappa shape index (κ3) is 4.63. The molecule has 4 aromatic rings. The standard InChI is InChI=1S/C24H23N5/c1-18-8-3-4-10-21(18)17-29(16-20-9-7-12-25-15-20)23-14-19(2)27-24(28-23)22-11-5-6-13-26-22/h3-15H,16-17H2,1-2H3. The van der Waals surface area contributed by atoms with Crippen LogP contribution < -0.4 is 4.90 Å². The molecular weight excluding hydrogens is 358 g/mol. The molecule has 0 amide bonds. The fraction of sp³-hybridized carbons (Fsp3) is 0.167. The second-order valence-electron chi connectivity index (χ2n) is 7.05. The van der Waals surface area contributed by atoms with Gasteiger partial charge in [0.05, 0.1) is 0 Å². The minimum Gasteiger partial charge on any atom is -0.348 e. The Labute approximate surface area is 171 Å². The summed E-state index contributed by atoms with van der Waals surface area (Å²) in [5.41, 5.74) is 5.36. The maximum absolute atomic E-state index is 4.86. The van der Waals surface area contributed by atoms with Crippen LogP contribution in [0.3, 0.4) is 0 Å². The normalized spacial score (nSPS) is 10.7. The third-order valence-corrected chi connectivity index (χ3v) is 4.78. The van der Waals surface area contributed by atoms with Crippen LogP contribution in [-0.2, 0) is 13.1 Å². The SMILES string of the molecule is Cc1cc(N(Cc2cccnc2)Cc2ccccc2C)nc(-c2ccccn2)n1. The van der Waals surface area contributed by atoms with Crippen molar-refractivity contribution in [2.24, 2.45) is 0 Å². The fourth-order valence-electron chi connectivity index (χ4n) is 3.25. The number of rotatable bonds is 6. The van der Waals surface area contributed by atoms with Gasteiger partial charge in [0, 0.05) is 43.4 Å². The molecule has 3 aromatic heterocycles. The van der Waals surface area contributed by atoms with Gasteiger partial charge in [-0.1, -0.05) is 36.4 Å². The summed E-state index contributed by atoms with van der Waals surface area (Å²) in [6, 6.07) is 20.3. The molecule has 0 bridgehead atoms. The van der Waals surface area contributed by atoms with E-state index in [9.17, 15) is 0 Å². The van der Waals surface area contributed by atoms with Gasteiger partial charge in [0.15, 0.2) is 5.82 Å². The predicted octanol–water partition coefficient (Wildman–Crippen LogP) is 4.76. The van der Waals surface area contributed by atoms with Gasteiger partial charge in [0.25, 0.3) is 0 Å². The Balaban J connectivity index is 1.74. The average molecular weight is 381 g/mol. The van der Waals surface area contributed by atoms with E-state index in [0.29, 0.717) is 12.4 Å². The average Bonchev–Trinajstić information content (AvgIpc) is 2.76. The van der Waals surface area contributed by atoms with Gasteiger partial charge in [-0.3, -0.25) is 9.97 Å². The molecule has 5 nitrogen and oxygen atoms in total. The molecule has 5 heteroatoms. The summed E-state index contributed by atoms with van der Waals surface area (Å²) in [5, 5.41) is 0. The van der Waals surface area contributed by atoms with Crippen molar-refractivity contribution in [2.45, 2.75) is 26.9 Å². The van der Waals surface area contributed by atoms with E-state index in [1.807, 2.05) is 43.5 Å². The molecule has 0 aliphatic rings. The van der Waals surface area contributed by atoms with E-state index in [-0.39, 0.29) is 0 Å². The minimum atomic E-state index is 0.640. The molecule has 0 aliphatic carbocycles. The lowest BCUT2D eigenvalue weighted by Crippen LogP contribution is -2.24. The highest BCUT2D eigenvalue weighted by Crippen LogP contribution is 2.23. The summed E-state index contributed by atoms with van der Waals surface area (Å²) in [6.07, 6.45) is 5.46. The molecule has 3 heterocycles. The summed E-state index contributed by atoms with van der Waals surface area (Å²) in [6.45, 7) is 5.59. The molecule has 0 fully saturated rings. The largest absolute Gasteiger partial charge is 0.348 e. The number of pyridine rings is 2. The lowest BCUT2D eigenvalue weighted by molar-refractivity contribution is 0.773. The summed E-state index contributed by atoms with van der Waals surface area (Å²) in [7, 11) is 0. The molecule has 0 saturated heterocycles. The summed E-state index contributed by atoms with van der Waals surface area (Å²) in [4.78, 5) is 20.4. The van der Waals surface area contributed by atoms with Crippen molar-refractivity contribution in [3.63, 3.8) is 0 Å². The Morgan fingerprint density at radius 1 is 0.828 bits per heavy atom. The van der Waals surface area contributed by atoms with Crippen LogP contribution in [0.2, 0.25) is 0 Å². The van der Waals surface area contributed by atoms with E-state index >= 15 is 0 Å². The Hall–Kier alpha value is -3.60. The van der Waals surface area contributed by atoms with Gasteiger partial charge in [-0.25, -0.2) is 9.97 Å². The van der Waals surface area contributed by atoms with E-state index in [1.165, 1.54) is 11.1 Å². The van der Waals surface area contributed by atoms with E-state index in [4.69, 9.17) is 4.98 Å². The highest BCUT2D eigenvalue weighted by molar-refractivity contribution is 5.54. The van der Waals surface area contributed by atoms with Crippen LogP contribution >= 0.6 is 0 Å². The quantitative estimate of drug-likeness (QED) is 0.482. The minimum absolute atomic E-state index is 0.640. The Morgan fingerprint density at radius 2 is 1.69 bits per heavy atom. The van der Waals surface area contributed by atoms with Crippen molar-refractivity contribution in [3.8, 4) is 11.5 Å². The second-order valence-corrected chi connectivity index (χ2v) is 7.05.